The van der Waals surface area contributed by atoms with E-state index in [2.05, 4.69) is 21.2 Å². The zero-order valence-electron chi connectivity index (χ0n) is 12.3. The molecule has 2 aromatic rings. The van der Waals surface area contributed by atoms with E-state index in [1.807, 2.05) is 0 Å². The molecule has 1 aliphatic heterocycles. The van der Waals surface area contributed by atoms with Gasteiger partial charge in [0.05, 0.1) is 24.1 Å². The van der Waals surface area contributed by atoms with Gasteiger partial charge in [0.2, 0.25) is 5.91 Å². The van der Waals surface area contributed by atoms with Crippen LogP contribution < -0.4 is 14.8 Å². The lowest BCUT2D eigenvalue weighted by Crippen LogP contribution is -2.14. The molecule has 0 spiro atoms. The highest BCUT2D eigenvalue weighted by atomic mass is 79.9. The predicted octanol–water partition coefficient (Wildman–Crippen LogP) is 3.93. The summed E-state index contributed by atoms with van der Waals surface area (Å²) in [6.45, 7) is 1.21. The number of hydrogen-bond donors (Lipinski definition) is 1. The molecular formula is C17H15BrFNO3. The summed E-state index contributed by atoms with van der Waals surface area (Å²) < 4.78 is 24.7. The maximum absolute atomic E-state index is 13.2. The van der Waals surface area contributed by atoms with E-state index in [1.54, 1.807) is 30.3 Å². The number of nitrogens with one attached hydrogen (secondary N) is 1. The molecule has 1 aliphatic rings. The van der Waals surface area contributed by atoms with Crippen LogP contribution in [-0.4, -0.2) is 19.1 Å². The van der Waals surface area contributed by atoms with Crippen LogP contribution in [0.15, 0.2) is 40.9 Å². The third-order valence-electron chi connectivity index (χ3n) is 3.38. The van der Waals surface area contributed by atoms with Crippen molar-refractivity contribution in [3.63, 3.8) is 0 Å². The number of amides is 1. The fraction of sp³-hybridized carbons (Fsp3) is 0.235. The summed E-state index contributed by atoms with van der Waals surface area (Å²) in [6.07, 6.45) is 0.989. The van der Waals surface area contributed by atoms with Gasteiger partial charge in [0.15, 0.2) is 11.5 Å². The number of benzene rings is 2. The van der Waals surface area contributed by atoms with Crippen molar-refractivity contribution in [3.05, 3.63) is 52.3 Å². The van der Waals surface area contributed by atoms with Crippen molar-refractivity contribution in [2.45, 2.75) is 12.8 Å². The van der Waals surface area contributed by atoms with Crippen LogP contribution >= 0.6 is 15.9 Å². The molecule has 1 N–H and O–H groups in total. The van der Waals surface area contributed by atoms with Crippen molar-refractivity contribution < 1.29 is 18.7 Å². The third-order valence-corrected chi connectivity index (χ3v) is 3.99. The first-order valence-electron chi connectivity index (χ1n) is 7.25. The number of ether oxygens (including phenoxy) is 2. The van der Waals surface area contributed by atoms with Crippen molar-refractivity contribution in [2.75, 3.05) is 18.5 Å². The Hall–Kier alpha value is -2.08. The van der Waals surface area contributed by atoms with Crippen LogP contribution in [0.3, 0.4) is 0 Å². The summed E-state index contributed by atoms with van der Waals surface area (Å²) in [6, 6.07) is 9.83. The Morgan fingerprint density at radius 3 is 2.70 bits per heavy atom. The molecule has 120 valence electrons. The third kappa shape index (κ3) is 4.01. The molecule has 0 radical (unpaired) electrons. The lowest BCUT2D eigenvalue weighted by atomic mass is 10.1. The van der Waals surface area contributed by atoms with E-state index < -0.39 is 0 Å². The van der Waals surface area contributed by atoms with Crippen molar-refractivity contribution in [1.29, 1.82) is 0 Å². The molecule has 0 fully saturated rings. The second kappa shape index (κ2) is 7.00. The Morgan fingerprint density at radius 2 is 1.91 bits per heavy atom. The smallest absolute Gasteiger partial charge is 0.228 e. The second-order valence-corrected chi connectivity index (χ2v) is 6.04. The molecule has 0 saturated heterocycles. The molecule has 0 atom stereocenters. The predicted molar refractivity (Wildman–Crippen MR) is 88.5 cm³/mol. The zero-order chi connectivity index (χ0) is 16.2. The van der Waals surface area contributed by atoms with Crippen molar-refractivity contribution in [2.24, 2.45) is 0 Å². The molecule has 4 nitrogen and oxygen atoms in total. The summed E-state index contributed by atoms with van der Waals surface area (Å²) in [4.78, 5) is 12.1. The van der Waals surface area contributed by atoms with Gasteiger partial charge in [-0.25, -0.2) is 4.39 Å². The van der Waals surface area contributed by atoms with E-state index in [0.29, 0.717) is 34.9 Å². The zero-order valence-corrected chi connectivity index (χ0v) is 13.9. The highest BCUT2D eigenvalue weighted by Crippen LogP contribution is 2.32. The average Bonchev–Trinajstić information content (AvgIpc) is 2.75. The van der Waals surface area contributed by atoms with Crippen LogP contribution in [0, 0.1) is 5.82 Å². The second-order valence-electron chi connectivity index (χ2n) is 5.19. The van der Waals surface area contributed by atoms with Gasteiger partial charge in [-0.1, -0.05) is 6.07 Å². The monoisotopic (exact) mass is 379 g/mol. The Bertz CT molecular complexity index is 736. The van der Waals surface area contributed by atoms with Gasteiger partial charge in [0.1, 0.15) is 5.82 Å². The van der Waals surface area contributed by atoms with Crippen molar-refractivity contribution in [1.82, 2.24) is 0 Å². The topological polar surface area (TPSA) is 47.6 Å². The minimum Gasteiger partial charge on any atom is -0.490 e. The first-order valence-corrected chi connectivity index (χ1v) is 8.04. The molecule has 1 amide bonds. The van der Waals surface area contributed by atoms with Gasteiger partial charge in [-0.15, -0.1) is 0 Å². The Labute approximate surface area is 141 Å². The summed E-state index contributed by atoms with van der Waals surface area (Å²) in [5.74, 6) is 0.780. The molecule has 0 bridgehead atoms. The van der Waals surface area contributed by atoms with Gasteiger partial charge in [0.25, 0.3) is 0 Å². The maximum atomic E-state index is 13.2. The Balaban J connectivity index is 1.67. The fourth-order valence-corrected chi connectivity index (χ4v) is 2.71. The standard InChI is InChI=1S/C17H15BrFNO3/c18-13-8-11(2-4-14(13)19)9-17(21)20-12-3-5-15-16(10-12)23-7-1-6-22-15/h2-5,8,10H,1,6-7,9H2,(H,20,21). The number of carbonyl (C=O) groups is 1. The number of carbonyl (C=O) groups excluding carboxylic acids is 1. The van der Waals surface area contributed by atoms with Crippen LogP contribution in [0.2, 0.25) is 0 Å². The molecule has 0 saturated carbocycles. The number of hydrogen-bond acceptors (Lipinski definition) is 3. The van der Waals surface area contributed by atoms with Gasteiger partial charge in [0, 0.05) is 18.2 Å². The molecule has 0 aliphatic carbocycles. The molecule has 0 aromatic heterocycles. The van der Waals surface area contributed by atoms with E-state index >= 15 is 0 Å². The van der Waals surface area contributed by atoms with E-state index in [0.717, 1.165) is 12.0 Å². The van der Waals surface area contributed by atoms with Crippen LogP contribution in [0.1, 0.15) is 12.0 Å². The molecule has 0 unspecified atom stereocenters. The number of anilines is 1. The van der Waals surface area contributed by atoms with Gasteiger partial charge >= 0.3 is 0 Å². The first-order chi connectivity index (χ1) is 11.1. The largest absolute Gasteiger partial charge is 0.490 e. The van der Waals surface area contributed by atoms with Crippen molar-refractivity contribution in [3.8, 4) is 11.5 Å². The molecule has 1 heterocycles. The molecule has 23 heavy (non-hydrogen) atoms. The van der Waals surface area contributed by atoms with E-state index in [9.17, 15) is 9.18 Å². The highest BCUT2D eigenvalue weighted by molar-refractivity contribution is 9.10. The average molecular weight is 380 g/mol. The van der Waals surface area contributed by atoms with E-state index in [4.69, 9.17) is 9.47 Å². The summed E-state index contributed by atoms with van der Waals surface area (Å²) in [5.41, 5.74) is 1.37. The van der Waals surface area contributed by atoms with E-state index in [-0.39, 0.29) is 18.1 Å². The Kier molecular flexibility index (Phi) is 4.81. The number of fused-ring (bicyclic) bond motifs is 1. The fourth-order valence-electron chi connectivity index (χ4n) is 2.28. The van der Waals surface area contributed by atoms with E-state index in [1.165, 1.54) is 6.07 Å². The maximum Gasteiger partial charge on any atom is 0.228 e. The lowest BCUT2D eigenvalue weighted by Gasteiger charge is -2.10. The van der Waals surface area contributed by atoms with Gasteiger partial charge in [-0.2, -0.15) is 0 Å². The number of halogens is 2. The summed E-state index contributed by atoms with van der Waals surface area (Å²) in [5, 5.41) is 2.81. The molecular weight excluding hydrogens is 365 g/mol. The van der Waals surface area contributed by atoms with Gasteiger partial charge < -0.3 is 14.8 Å². The van der Waals surface area contributed by atoms with Crippen molar-refractivity contribution >= 4 is 27.5 Å². The molecule has 3 rings (SSSR count). The minimum atomic E-state index is -0.350. The van der Waals surface area contributed by atoms with Crippen LogP contribution in [0.4, 0.5) is 10.1 Å². The van der Waals surface area contributed by atoms with Crippen LogP contribution in [0.25, 0.3) is 0 Å². The quantitative estimate of drug-likeness (QED) is 0.878. The van der Waals surface area contributed by atoms with Crippen LogP contribution in [0.5, 0.6) is 11.5 Å². The first kappa shape index (κ1) is 15.8. The summed E-state index contributed by atoms with van der Waals surface area (Å²) >= 11 is 3.11. The normalized spacial score (nSPS) is 13.3. The highest BCUT2D eigenvalue weighted by Gasteiger charge is 2.12. The molecule has 2 aromatic carbocycles. The van der Waals surface area contributed by atoms with Crippen LogP contribution in [-0.2, 0) is 11.2 Å². The van der Waals surface area contributed by atoms with Gasteiger partial charge in [-0.3, -0.25) is 4.79 Å². The lowest BCUT2D eigenvalue weighted by molar-refractivity contribution is -0.115. The minimum absolute atomic E-state index is 0.160. The summed E-state index contributed by atoms with van der Waals surface area (Å²) in [7, 11) is 0. The Morgan fingerprint density at radius 1 is 1.13 bits per heavy atom. The number of rotatable bonds is 3. The molecule has 6 heteroatoms. The van der Waals surface area contributed by atoms with Gasteiger partial charge in [-0.05, 0) is 45.8 Å². The SMILES string of the molecule is O=C(Cc1ccc(F)c(Br)c1)Nc1ccc2c(c1)OCCCO2.